The number of rotatable bonds is 5. The molecule has 0 amide bonds. The van der Waals surface area contributed by atoms with E-state index in [1.54, 1.807) is 6.07 Å². The topological polar surface area (TPSA) is 55.5 Å². The van der Waals surface area contributed by atoms with Crippen LogP contribution >= 0.6 is 15.9 Å². The van der Waals surface area contributed by atoms with Crippen LogP contribution in [0.1, 0.15) is 24.4 Å². The van der Waals surface area contributed by atoms with Gasteiger partial charge in [0.1, 0.15) is 5.75 Å². The third-order valence-electron chi connectivity index (χ3n) is 2.23. The van der Waals surface area contributed by atoms with Crippen molar-refractivity contribution in [2.24, 2.45) is 5.73 Å². The van der Waals surface area contributed by atoms with Gasteiger partial charge in [-0.05, 0) is 36.6 Å². The van der Waals surface area contributed by atoms with E-state index in [-0.39, 0.29) is 12.4 Å². The maximum absolute atomic E-state index is 12.1. The molecule has 0 aliphatic heterocycles. The van der Waals surface area contributed by atoms with Gasteiger partial charge in [-0.2, -0.15) is 0 Å². The maximum atomic E-state index is 12.1. The molecule has 0 radical (unpaired) electrons. The normalized spacial score (nSPS) is 13.4. The number of aliphatic hydroxyl groups is 1. The highest BCUT2D eigenvalue weighted by Gasteiger charge is 2.31. The molecular formula is C11H13BrF3NO2. The molecule has 1 atom stereocenters. The molecule has 0 saturated heterocycles. The van der Waals surface area contributed by atoms with E-state index in [2.05, 4.69) is 20.7 Å². The summed E-state index contributed by atoms with van der Waals surface area (Å²) in [4.78, 5) is 0. The minimum atomic E-state index is -4.73. The van der Waals surface area contributed by atoms with Crippen molar-refractivity contribution >= 4 is 15.9 Å². The lowest BCUT2D eigenvalue weighted by molar-refractivity contribution is -0.274. The van der Waals surface area contributed by atoms with Crippen LogP contribution in [0.25, 0.3) is 0 Å². The van der Waals surface area contributed by atoms with Crippen LogP contribution in [0.2, 0.25) is 0 Å². The van der Waals surface area contributed by atoms with Crippen molar-refractivity contribution in [3.8, 4) is 5.75 Å². The minimum absolute atomic E-state index is 0.00634. The van der Waals surface area contributed by atoms with E-state index >= 15 is 0 Å². The Kier molecular flexibility index (Phi) is 5.43. The van der Waals surface area contributed by atoms with Gasteiger partial charge in [-0.15, -0.1) is 13.2 Å². The SMILES string of the molecule is N[C@H](CCCO)c1cc(Br)cc(OC(F)(F)F)c1. The van der Waals surface area contributed by atoms with Gasteiger partial charge in [0, 0.05) is 17.1 Å². The van der Waals surface area contributed by atoms with Crippen LogP contribution in [0.4, 0.5) is 13.2 Å². The second-order valence-corrected chi connectivity index (χ2v) is 4.66. The van der Waals surface area contributed by atoms with E-state index in [4.69, 9.17) is 10.8 Å². The van der Waals surface area contributed by atoms with Gasteiger partial charge in [0.25, 0.3) is 0 Å². The Morgan fingerprint density at radius 2 is 2.00 bits per heavy atom. The first-order valence-corrected chi connectivity index (χ1v) is 6.04. The second kappa shape index (κ2) is 6.40. The quantitative estimate of drug-likeness (QED) is 0.873. The molecule has 1 rings (SSSR count). The number of hydrogen-bond acceptors (Lipinski definition) is 3. The molecule has 0 aliphatic rings. The molecule has 7 heteroatoms. The van der Waals surface area contributed by atoms with E-state index in [0.717, 1.165) is 0 Å². The van der Waals surface area contributed by atoms with Crippen molar-refractivity contribution < 1.29 is 23.0 Å². The van der Waals surface area contributed by atoms with Crippen LogP contribution in [0.3, 0.4) is 0 Å². The Bertz CT molecular complexity index is 398. The lowest BCUT2D eigenvalue weighted by Gasteiger charge is -2.15. The second-order valence-electron chi connectivity index (χ2n) is 3.74. The maximum Gasteiger partial charge on any atom is 0.573 e. The largest absolute Gasteiger partial charge is 0.573 e. The smallest absolute Gasteiger partial charge is 0.406 e. The third kappa shape index (κ3) is 5.24. The van der Waals surface area contributed by atoms with Crippen molar-refractivity contribution in [1.29, 1.82) is 0 Å². The number of ether oxygens (including phenoxy) is 1. The Labute approximate surface area is 111 Å². The van der Waals surface area contributed by atoms with E-state index in [9.17, 15) is 13.2 Å². The Hall–Kier alpha value is -0.790. The van der Waals surface area contributed by atoms with Gasteiger partial charge < -0.3 is 15.6 Å². The average Bonchev–Trinajstić information content (AvgIpc) is 2.22. The number of nitrogens with two attached hydrogens (primary N) is 1. The summed E-state index contributed by atoms with van der Waals surface area (Å²) in [6.45, 7) is -0.00634. The summed E-state index contributed by atoms with van der Waals surface area (Å²) < 4.78 is 40.6. The summed E-state index contributed by atoms with van der Waals surface area (Å²) in [5.74, 6) is -0.314. The highest BCUT2D eigenvalue weighted by Crippen LogP contribution is 2.30. The van der Waals surface area contributed by atoms with Gasteiger partial charge in [0.15, 0.2) is 0 Å². The van der Waals surface area contributed by atoms with Gasteiger partial charge in [-0.1, -0.05) is 15.9 Å². The van der Waals surface area contributed by atoms with Crippen LogP contribution in [0, 0.1) is 0 Å². The molecule has 0 heterocycles. The Balaban J connectivity index is 2.86. The zero-order valence-electron chi connectivity index (χ0n) is 9.38. The highest BCUT2D eigenvalue weighted by molar-refractivity contribution is 9.10. The first kappa shape index (κ1) is 15.3. The molecule has 0 spiro atoms. The van der Waals surface area contributed by atoms with Crippen molar-refractivity contribution in [2.45, 2.75) is 25.2 Å². The van der Waals surface area contributed by atoms with Crippen molar-refractivity contribution in [2.75, 3.05) is 6.61 Å². The molecule has 1 aromatic carbocycles. The van der Waals surface area contributed by atoms with E-state index < -0.39 is 12.4 Å². The summed E-state index contributed by atoms with van der Waals surface area (Å²) >= 11 is 3.10. The molecule has 0 bridgehead atoms. The van der Waals surface area contributed by atoms with Crippen LogP contribution < -0.4 is 10.5 Å². The molecule has 3 nitrogen and oxygen atoms in total. The monoisotopic (exact) mass is 327 g/mol. The minimum Gasteiger partial charge on any atom is -0.406 e. The fourth-order valence-electron chi connectivity index (χ4n) is 1.47. The fourth-order valence-corrected chi connectivity index (χ4v) is 1.96. The van der Waals surface area contributed by atoms with Crippen LogP contribution in [-0.2, 0) is 0 Å². The highest BCUT2D eigenvalue weighted by atomic mass is 79.9. The summed E-state index contributed by atoms with van der Waals surface area (Å²) in [7, 11) is 0. The number of halogens is 4. The first-order valence-electron chi connectivity index (χ1n) is 5.24. The first-order chi connectivity index (χ1) is 8.31. The fraction of sp³-hybridized carbons (Fsp3) is 0.455. The molecule has 0 unspecified atom stereocenters. The molecular weight excluding hydrogens is 315 g/mol. The van der Waals surface area contributed by atoms with Crippen molar-refractivity contribution in [1.82, 2.24) is 0 Å². The summed E-state index contributed by atoms with van der Waals surface area (Å²) in [5, 5.41) is 8.69. The zero-order valence-corrected chi connectivity index (χ0v) is 11.0. The van der Waals surface area contributed by atoms with Crippen LogP contribution in [0.5, 0.6) is 5.75 Å². The lowest BCUT2D eigenvalue weighted by atomic mass is 10.0. The van der Waals surface area contributed by atoms with E-state index in [1.165, 1.54) is 12.1 Å². The molecule has 0 aromatic heterocycles. The number of alkyl halides is 3. The molecule has 18 heavy (non-hydrogen) atoms. The Morgan fingerprint density at radius 3 is 2.56 bits per heavy atom. The number of benzene rings is 1. The molecule has 1 aromatic rings. The van der Waals surface area contributed by atoms with Crippen LogP contribution in [0.15, 0.2) is 22.7 Å². The predicted molar refractivity (Wildman–Crippen MR) is 64.1 cm³/mol. The van der Waals surface area contributed by atoms with Gasteiger partial charge in [0.2, 0.25) is 0 Å². The van der Waals surface area contributed by atoms with Crippen molar-refractivity contribution in [3.05, 3.63) is 28.2 Å². The van der Waals surface area contributed by atoms with E-state index in [1.807, 2.05) is 0 Å². The van der Waals surface area contributed by atoms with Gasteiger partial charge >= 0.3 is 6.36 Å². The molecule has 3 N–H and O–H groups in total. The average molecular weight is 328 g/mol. The zero-order chi connectivity index (χ0) is 13.8. The van der Waals surface area contributed by atoms with Crippen molar-refractivity contribution in [3.63, 3.8) is 0 Å². The Morgan fingerprint density at radius 1 is 1.33 bits per heavy atom. The standard InChI is InChI=1S/C11H13BrF3NO2/c12-8-4-7(10(16)2-1-3-17)5-9(6-8)18-11(13,14)15/h4-6,10,17H,1-3,16H2/t10-/m1/s1. The lowest BCUT2D eigenvalue weighted by Crippen LogP contribution is -2.18. The molecule has 0 fully saturated rings. The van der Waals surface area contributed by atoms with Gasteiger partial charge in [0.05, 0.1) is 0 Å². The molecule has 0 aliphatic carbocycles. The molecule has 102 valence electrons. The van der Waals surface area contributed by atoms with Gasteiger partial charge in [-0.25, -0.2) is 0 Å². The third-order valence-corrected chi connectivity index (χ3v) is 2.69. The summed E-state index contributed by atoms with van der Waals surface area (Å²) in [6, 6.07) is 3.66. The number of aliphatic hydroxyl groups excluding tert-OH is 1. The molecule has 0 saturated carbocycles. The van der Waals surface area contributed by atoms with Gasteiger partial charge in [-0.3, -0.25) is 0 Å². The summed E-state index contributed by atoms with van der Waals surface area (Å²) in [5.41, 5.74) is 6.34. The van der Waals surface area contributed by atoms with E-state index in [0.29, 0.717) is 22.9 Å². The predicted octanol–water partition coefficient (Wildman–Crippen LogP) is 3.12. The number of hydrogen-bond donors (Lipinski definition) is 2. The summed E-state index contributed by atoms with van der Waals surface area (Å²) in [6.07, 6.45) is -3.76. The van der Waals surface area contributed by atoms with Crippen LogP contribution in [-0.4, -0.2) is 18.1 Å².